The molecule has 2 aromatic heterocycles. The second-order valence-corrected chi connectivity index (χ2v) is 9.04. The van der Waals surface area contributed by atoms with E-state index in [1.54, 1.807) is 17.9 Å². The zero-order chi connectivity index (χ0) is 25.9. The molecule has 5 rings (SSSR count). The molecule has 0 atom stereocenters. The number of aldehydes is 1. The molecular weight excluding hydrogens is 470 g/mol. The highest BCUT2D eigenvalue weighted by molar-refractivity contribution is 6.09. The van der Waals surface area contributed by atoms with Gasteiger partial charge in [-0.2, -0.15) is 5.10 Å². The molecule has 1 aliphatic rings. The van der Waals surface area contributed by atoms with Crippen molar-refractivity contribution in [2.45, 2.75) is 31.7 Å². The SMILES string of the molecule is CNC(=O)N(C(=N)c1[nH]c(-c2ccc(OCCCC=O)cc2)nc1-c1ccc2cnn(C)c2c1)C1CC1. The molecule has 2 amide bonds. The maximum absolute atomic E-state index is 12.7. The van der Waals surface area contributed by atoms with Crippen LogP contribution >= 0.6 is 0 Å². The van der Waals surface area contributed by atoms with E-state index in [2.05, 4.69) is 15.4 Å². The summed E-state index contributed by atoms with van der Waals surface area (Å²) < 4.78 is 7.50. The monoisotopic (exact) mass is 499 g/mol. The molecule has 37 heavy (non-hydrogen) atoms. The van der Waals surface area contributed by atoms with Crippen molar-refractivity contribution in [2.75, 3.05) is 13.7 Å². The van der Waals surface area contributed by atoms with Crippen LogP contribution in [-0.2, 0) is 11.8 Å². The number of aryl methyl sites for hydroxylation is 1. The van der Waals surface area contributed by atoms with Gasteiger partial charge in [0, 0.05) is 43.1 Å². The third-order valence-electron chi connectivity index (χ3n) is 6.41. The molecule has 10 nitrogen and oxygen atoms in total. The lowest BCUT2D eigenvalue weighted by Gasteiger charge is -2.22. The number of aromatic amines is 1. The molecule has 1 fully saturated rings. The number of unbranched alkanes of at least 4 members (excludes halogenated alkanes) is 1. The Hall–Kier alpha value is -4.47. The van der Waals surface area contributed by atoms with E-state index in [-0.39, 0.29) is 17.9 Å². The number of hydrogen-bond acceptors (Lipinski definition) is 6. The van der Waals surface area contributed by atoms with Crippen LogP contribution in [0.1, 0.15) is 31.4 Å². The van der Waals surface area contributed by atoms with Gasteiger partial charge in [-0.05, 0) is 49.6 Å². The van der Waals surface area contributed by atoms with Crippen LogP contribution in [0.3, 0.4) is 0 Å². The van der Waals surface area contributed by atoms with E-state index < -0.39 is 0 Å². The van der Waals surface area contributed by atoms with Gasteiger partial charge in [0.25, 0.3) is 0 Å². The molecule has 2 aromatic carbocycles. The average molecular weight is 500 g/mol. The number of urea groups is 1. The quantitative estimate of drug-likeness (QED) is 0.138. The molecule has 4 aromatic rings. The summed E-state index contributed by atoms with van der Waals surface area (Å²) >= 11 is 0. The van der Waals surface area contributed by atoms with Gasteiger partial charge < -0.3 is 19.8 Å². The van der Waals surface area contributed by atoms with Crippen molar-refractivity contribution in [1.82, 2.24) is 30.0 Å². The number of hydrogen-bond donors (Lipinski definition) is 3. The minimum absolute atomic E-state index is 0.00208. The summed E-state index contributed by atoms with van der Waals surface area (Å²) in [7, 11) is 3.46. The molecule has 3 N–H and O–H groups in total. The molecular formula is C27H29N7O3. The van der Waals surface area contributed by atoms with E-state index >= 15 is 0 Å². The van der Waals surface area contributed by atoms with Crippen LogP contribution in [0.15, 0.2) is 48.7 Å². The van der Waals surface area contributed by atoms with Crippen molar-refractivity contribution >= 4 is 29.1 Å². The summed E-state index contributed by atoms with van der Waals surface area (Å²) in [6, 6.07) is 13.1. The first-order valence-electron chi connectivity index (χ1n) is 12.3. The van der Waals surface area contributed by atoms with E-state index in [4.69, 9.17) is 15.1 Å². The lowest BCUT2D eigenvalue weighted by atomic mass is 10.1. The van der Waals surface area contributed by atoms with Crippen LogP contribution < -0.4 is 10.1 Å². The minimum Gasteiger partial charge on any atom is -0.494 e. The Morgan fingerprint density at radius 2 is 2.00 bits per heavy atom. The van der Waals surface area contributed by atoms with Crippen molar-refractivity contribution < 1.29 is 14.3 Å². The molecule has 0 radical (unpaired) electrons. The number of aromatic nitrogens is 4. The van der Waals surface area contributed by atoms with Gasteiger partial charge >= 0.3 is 6.03 Å². The first-order chi connectivity index (χ1) is 18.0. The van der Waals surface area contributed by atoms with Crippen LogP contribution in [0, 0.1) is 5.41 Å². The Labute approximate surface area is 214 Å². The number of H-pyrrole nitrogens is 1. The molecule has 0 saturated heterocycles. The second kappa shape index (κ2) is 10.3. The fraction of sp³-hybridized carbons (Fsp3) is 0.296. The van der Waals surface area contributed by atoms with Gasteiger partial charge in [-0.25, -0.2) is 9.78 Å². The van der Waals surface area contributed by atoms with Crippen molar-refractivity contribution in [1.29, 1.82) is 5.41 Å². The first kappa shape index (κ1) is 24.2. The van der Waals surface area contributed by atoms with Gasteiger partial charge in [0.05, 0.1) is 18.3 Å². The van der Waals surface area contributed by atoms with Gasteiger partial charge in [0.2, 0.25) is 0 Å². The van der Waals surface area contributed by atoms with E-state index in [0.717, 1.165) is 41.2 Å². The zero-order valence-electron chi connectivity index (χ0n) is 20.8. The van der Waals surface area contributed by atoms with Crippen molar-refractivity contribution in [2.24, 2.45) is 7.05 Å². The largest absolute Gasteiger partial charge is 0.494 e. The average Bonchev–Trinajstić information content (AvgIpc) is 3.54. The highest BCUT2D eigenvalue weighted by atomic mass is 16.5. The highest BCUT2D eigenvalue weighted by Gasteiger charge is 2.37. The van der Waals surface area contributed by atoms with Gasteiger partial charge in [-0.15, -0.1) is 0 Å². The van der Waals surface area contributed by atoms with Crippen LogP contribution in [0.2, 0.25) is 0 Å². The molecule has 2 heterocycles. The molecule has 1 aliphatic carbocycles. The summed E-state index contributed by atoms with van der Waals surface area (Å²) in [4.78, 5) is 32.9. The predicted molar refractivity (Wildman–Crippen MR) is 141 cm³/mol. The number of nitrogens with one attached hydrogen (secondary N) is 3. The molecule has 1 saturated carbocycles. The number of carbonyl (C=O) groups excluding carboxylic acids is 2. The molecule has 0 bridgehead atoms. The topological polar surface area (TPSA) is 129 Å². The number of amidine groups is 1. The van der Waals surface area contributed by atoms with E-state index in [1.807, 2.05) is 49.5 Å². The first-order valence-corrected chi connectivity index (χ1v) is 12.3. The Morgan fingerprint density at radius 3 is 2.70 bits per heavy atom. The maximum Gasteiger partial charge on any atom is 0.323 e. The molecule has 190 valence electrons. The van der Waals surface area contributed by atoms with E-state index in [1.165, 1.54) is 4.90 Å². The molecule has 0 aliphatic heterocycles. The van der Waals surface area contributed by atoms with Crippen molar-refractivity contribution in [3.8, 4) is 28.4 Å². The normalized spacial score (nSPS) is 12.9. The van der Waals surface area contributed by atoms with Crippen LogP contribution in [0.25, 0.3) is 33.5 Å². The summed E-state index contributed by atoms with van der Waals surface area (Å²) in [5.74, 6) is 1.37. The lowest BCUT2D eigenvalue weighted by Crippen LogP contribution is -2.44. The van der Waals surface area contributed by atoms with Crippen molar-refractivity contribution in [3.05, 3.63) is 54.4 Å². The van der Waals surface area contributed by atoms with E-state index in [9.17, 15) is 9.59 Å². The molecule has 0 spiro atoms. The number of nitrogens with zero attached hydrogens (tertiary/aromatic N) is 4. The number of ether oxygens (including phenoxy) is 1. The molecule has 10 heteroatoms. The Kier molecular flexibility index (Phi) is 6.72. The van der Waals surface area contributed by atoms with Gasteiger partial charge in [0.15, 0.2) is 5.84 Å². The Bertz CT molecular complexity index is 1450. The summed E-state index contributed by atoms with van der Waals surface area (Å²) in [6.45, 7) is 0.470. The number of fused-ring (bicyclic) bond motifs is 1. The lowest BCUT2D eigenvalue weighted by molar-refractivity contribution is -0.108. The number of benzene rings is 2. The number of amides is 2. The zero-order valence-corrected chi connectivity index (χ0v) is 20.8. The highest BCUT2D eigenvalue weighted by Crippen LogP contribution is 2.33. The maximum atomic E-state index is 12.7. The fourth-order valence-electron chi connectivity index (χ4n) is 4.27. The fourth-order valence-corrected chi connectivity index (χ4v) is 4.27. The van der Waals surface area contributed by atoms with Crippen LogP contribution in [0.4, 0.5) is 4.79 Å². The second-order valence-electron chi connectivity index (χ2n) is 9.04. The van der Waals surface area contributed by atoms with Crippen LogP contribution in [0.5, 0.6) is 5.75 Å². The number of carbonyl (C=O) groups is 2. The molecule has 0 unspecified atom stereocenters. The van der Waals surface area contributed by atoms with Crippen LogP contribution in [-0.4, -0.2) is 62.5 Å². The Morgan fingerprint density at radius 1 is 1.24 bits per heavy atom. The van der Waals surface area contributed by atoms with E-state index in [0.29, 0.717) is 42.4 Å². The third kappa shape index (κ3) is 4.95. The predicted octanol–water partition coefficient (Wildman–Crippen LogP) is 4.12. The minimum atomic E-state index is -0.312. The van der Waals surface area contributed by atoms with Gasteiger partial charge in [-0.1, -0.05) is 12.1 Å². The smallest absolute Gasteiger partial charge is 0.323 e. The van der Waals surface area contributed by atoms with Gasteiger partial charge in [0.1, 0.15) is 29.2 Å². The summed E-state index contributed by atoms with van der Waals surface area (Å²) in [5, 5.41) is 17.0. The third-order valence-corrected chi connectivity index (χ3v) is 6.41. The summed E-state index contributed by atoms with van der Waals surface area (Å²) in [5.41, 5.74) is 3.65. The summed E-state index contributed by atoms with van der Waals surface area (Å²) in [6.07, 6.45) is 5.56. The Balaban J connectivity index is 1.53. The van der Waals surface area contributed by atoms with Gasteiger partial charge in [-0.3, -0.25) is 15.0 Å². The number of rotatable bonds is 9. The number of imidazole rings is 1. The standard InChI is InChI=1S/C27H29N7O3/c1-29-27(36)34(20-9-10-20)25(28)24-23(18-5-6-19-16-30-33(2)22(19)15-18)31-26(32-24)17-7-11-21(12-8-17)37-14-4-3-13-35/h5-8,11-13,15-16,20,28H,3-4,9-10,14H2,1-2H3,(H,29,36)(H,31,32). The van der Waals surface area contributed by atoms with Crippen molar-refractivity contribution in [3.63, 3.8) is 0 Å².